The molecule has 0 bridgehead atoms. The van der Waals surface area contributed by atoms with Gasteiger partial charge in [0.05, 0.1) is 0 Å². The molecule has 0 aliphatic heterocycles. The zero-order chi connectivity index (χ0) is 17.5. The molecule has 1 rings (SSSR count). The maximum absolute atomic E-state index is 6.29. The van der Waals surface area contributed by atoms with Gasteiger partial charge < -0.3 is 0 Å². The van der Waals surface area contributed by atoms with Crippen molar-refractivity contribution in [2.75, 3.05) is 0 Å². The van der Waals surface area contributed by atoms with Crippen molar-refractivity contribution < 1.29 is 0 Å². The first-order valence-corrected chi connectivity index (χ1v) is 9.31. The lowest BCUT2D eigenvalue weighted by molar-refractivity contribution is 0.554. The van der Waals surface area contributed by atoms with Crippen molar-refractivity contribution in [3.8, 4) is 0 Å². The van der Waals surface area contributed by atoms with Crippen molar-refractivity contribution in [2.45, 2.75) is 85.5 Å². The van der Waals surface area contributed by atoms with Crippen molar-refractivity contribution in [2.24, 2.45) is 0 Å². The number of halogens is 1. The molecule has 1 aromatic rings. The van der Waals surface area contributed by atoms with Gasteiger partial charge in [-0.15, -0.1) is 0 Å². The van der Waals surface area contributed by atoms with Crippen LogP contribution in [0.2, 0.25) is 0 Å². The Hall–Kier alpha value is -0.320. The summed E-state index contributed by atoms with van der Waals surface area (Å²) in [6, 6.07) is 4.80. The molecule has 0 aromatic heterocycles. The summed E-state index contributed by atoms with van der Waals surface area (Å²) >= 11 is 6.29. The van der Waals surface area contributed by atoms with E-state index in [4.69, 9.17) is 11.6 Å². The van der Waals surface area contributed by atoms with Crippen molar-refractivity contribution in [3.05, 3.63) is 28.8 Å². The van der Waals surface area contributed by atoms with E-state index in [0.717, 1.165) is 13.0 Å². The Morgan fingerprint density at radius 2 is 1.14 bits per heavy atom. The lowest BCUT2D eigenvalue weighted by Gasteiger charge is -2.32. The molecule has 0 atom stereocenters. The molecule has 124 valence electrons. The third kappa shape index (κ3) is 4.84. The molecular formula is C20H32ClP. The maximum atomic E-state index is 6.29. The third-order valence-electron chi connectivity index (χ3n) is 3.86. The van der Waals surface area contributed by atoms with Gasteiger partial charge in [-0.2, -0.15) is 0 Å². The summed E-state index contributed by atoms with van der Waals surface area (Å²) in [5.41, 5.74) is 4.62. The average Bonchev–Trinajstić information content (AvgIpc) is 2.23. The molecule has 0 heterocycles. The Bertz CT molecular complexity index is 536. The first-order valence-electron chi connectivity index (χ1n) is 8.04. The highest BCUT2D eigenvalue weighted by molar-refractivity contribution is 7.53. The maximum Gasteiger partial charge on any atom is 0.0427 e. The van der Waals surface area contributed by atoms with Gasteiger partial charge in [-0.3, -0.25) is 0 Å². The first kappa shape index (κ1) is 19.7. The molecule has 0 fully saturated rings. The van der Waals surface area contributed by atoms with Gasteiger partial charge in [0, 0.05) is 10.1 Å². The van der Waals surface area contributed by atoms with Crippen LogP contribution in [0.1, 0.15) is 85.9 Å². The fourth-order valence-corrected chi connectivity index (χ4v) is 4.09. The number of hydrogen-bond acceptors (Lipinski definition) is 0. The van der Waals surface area contributed by atoms with Crippen LogP contribution in [-0.2, 0) is 16.2 Å². The van der Waals surface area contributed by atoms with Gasteiger partial charge >= 0.3 is 0 Å². The van der Waals surface area contributed by atoms with Crippen molar-refractivity contribution >= 4 is 29.9 Å². The van der Waals surface area contributed by atoms with Crippen LogP contribution in [0.5, 0.6) is 0 Å². The predicted molar refractivity (Wildman–Crippen MR) is 106 cm³/mol. The lowest BCUT2D eigenvalue weighted by Crippen LogP contribution is -2.29. The van der Waals surface area contributed by atoms with Crippen LogP contribution in [-0.4, -0.2) is 4.75 Å². The van der Waals surface area contributed by atoms with Crippen molar-refractivity contribution in [1.29, 1.82) is 0 Å². The zero-order valence-electron chi connectivity index (χ0n) is 16.0. The smallest absolute Gasteiger partial charge is 0.0427 e. The minimum Gasteiger partial charge on any atom is -0.0841 e. The largest absolute Gasteiger partial charge is 0.0841 e. The molecule has 0 saturated heterocycles. The Kier molecular flexibility index (Phi) is 5.64. The monoisotopic (exact) mass is 338 g/mol. The molecule has 0 saturated carbocycles. The fraction of sp³-hybridized carbons (Fsp3) is 0.650. The molecule has 0 spiro atoms. The van der Waals surface area contributed by atoms with Crippen LogP contribution in [0.4, 0.5) is 0 Å². The Balaban J connectivity index is 3.91. The van der Waals surface area contributed by atoms with Crippen LogP contribution in [0.3, 0.4) is 0 Å². The second kappa shape index (κ2) is 6.29. The summed E-state index contributed by atoms with van der Waals surface area (Å²) in [6.45, 7) is 22.6. The fourth-order valence-electron chi connectivity index (χ4n) is 2.49. The van der Waals surface area contributed by atoms with Gasteiger partial charge in [-0.25, -0.2) is 0 Å². The third-order valence-corrected chi connectivity index (χ3v) is 5.12. The highest BCUT2D eigenvalue weighted by Crippen LogP contribution is 2.35. The molecule has 0 aliphatic rings. The summed E-state index contributed by atoms with van der Waals surface area (Å²) < 4.78 is 0.930. The Morgan fingerprint density at radius 3 is 1.36 bits per heavy atom. The van der Waals surface area contributed by atoms with Crippen LogP contribution < -0.4 is 5.30 Å². The van der Waals surface area contributed by atoms with E-state index in [0.29, 0.717) is 0 Å². The highest BCUT2D eigenvalue weighted by atomic mass is 35.5. The van der Waals surface area contributed by atoms with E-state index in [1.807, 2.05) is 6.92 Å². The molecule has 0 nitrogen and oxygen atoms in total. The topological polar surface area (TPSA) is 0 Å². The first-order chi connectivity index (χ1) is 9.64. The van der Waals surface area contributed by atoms with Crippen molar-refractivity contribution in [1.82, 2.24) is 0 Å². The predicted octanol–water partition coefficient (Wildman–Crippen LogP) is 6.54. The van der Waals surface area contributed by atoms with Gasteiger partial charge in [-0.05, 0) is 39.9 Å². The molecule has 2 heteroatoms. The molecule has 0 radical (unpaired) electrons. The number of benzene rings is 1. The van der Waals surface area contributed by atoms with E-state index in [-0.39, 0.29) is 16.2 Å². The van der Waals surface area contributed by atoms with E-state index in [1.165, 1.54) is 22.0 Å². The number of hydrogen-bond donors (Lipinski definition) is 0. The van der Waals surface area contributed by atoms with E-state index in [2.05, 4.69) is 74.4 Å². The molecule has 0 aliphatic carbocycles. The summed E-state index contributed by atoms with van der Waals surface area (Å²) in [4.78, 5) is 0. The summed E-state index contributed by atoms with van der Waals surface area (Å²) in [6.07, 6.45) is 0. The molecule has 0 amide bonds. The Morgan fingerprint density at radius 1 is 0.773 bits per heavy atom. The van der Waals surface area contributed by atoms with Gasteiger partial charge in [0.15, 0.2) is 0 Å². The molecule has 1 aromatic carbocycles. The number of rotatable bonds is 1. The van der Waals surface area contributed by atoms with Gasteiger partial charge in [0.1, 0.15) is 0 Å². The quantitative estimate of drug-likeness (QED) is 0.510. The van der Waals surface area contributed by atoms with Crippen LogP contribution >= 0.6 is 19.8 Å². The summed E-state index contributed by atoms with van der Waals surface area (Å²) in [5, 5.41) is 1.39. The van der Waals surface area contributed by atoms with Crippen LogP contribution in [0.25, 0.3) is 0 Å². The van der Waals surface area contributed by atoms with Crippen molar-refractivity contribution in [3.63, 3.8) is 0 Å². The van der Waals surface area contributed by atoms with E-state index >= 15 is 0 Å². The molecule has 0 N–H and O–H groups in total. The summed E-state index contributed by atoms with van der Waals surface area (Å²) in [7, 11) is 1.14. The second-order valence-corrected chi connectivity index (χ2v) is 11.5. The van der Waals surface area contributed by atoms with E-state index in [9.17, 15) is 0 Å². The molecule has 22 heavy (non-hydrogen) atoms. The average molecular weight is 339 g/mol. The minimum absolute atomic E-state index is 0.107. The highest BCUT2D eigenvalue weighted by Gasteiger charge is 2.28. The lowest BCUT2D eigenvalue weighted by atomic mass is 9.75. The zero-order valence-corrected chi connectivity index (χ0v) is 17.6. The van der Waals surface area contributed by atoms with Gasteiger partial charge in [0.25, 0.3) is 0 Å². The van der Waals surface area contributed by atoms with Crippen LogP contribution in [0.15, 0.2) is 12.1 Å². The van der Waals surface area contributed by atoms with E-state index in [1.54, 1.807) is 0 Å². The van der Waals surface area contributed by atoms with Gasteiger partial charge in [0.2, 0.25) is 0 Å². The Labute approximate surface area is 144 Å². The summed E-state index contributed by atoms with van der Waals surface area (Å²) in [5.74, 6) is 0. The van der Waals surface area contributed by atoms with Gasteiger partial charge in [-0.1, -0.05) is 94.3 Å². The minimum atomic E-state index is 0.107. The molecular weight excluding hydrogens is 307 g/mol. The standard InChI is InChI=1S/C20H32ClP/c1-13(21)22-17-15(19(5,6)7)11-14(18(2,3)4)12-16(17)20(8,9)10/h11-12H,1-10H3. The second-order valence-electron chi connectivity index (χ2n) is 9.28. The van der Waals surface area contributed by atoms with Crippen LogP contribution in [0, 0.1) is 0 Å². The van der Waals surface area contributed by atoms with E-state index < -0.39 is 0 Å². The molecule has 0 unspecified atom stereocenters. The SMILES string of the molecule is CC(Cl)=Pc1c(C(C)(C)C)cc(C(C)(C)C)cc1C(C)(C)C. The normalized spacial score (nSPS) is 14.4.